The summed E-state index contributed by atoms with van der Waals surface area (Å²) in [4.78, 5) is 20.2. The highest BCUT2D eigenvalue weighted by molar-refractivity contribution is 7.14. The molecule has 1 aliphatic heterocycles. The van der Waals surface area contributed by atoms with Crippen LogP contribution in [0.5, 0.6) is 0 Å². The molecule has 3 heterocycles. The summed E-state index contributed by atoms with van der Waals surface area (Å²) in [5, 5.41) is 14.8. The van der Waals surface area contributed by atoms with E-state index in [1.54, 1.807) is 0 Å². The van der Waals surface area contributed by atoms with Crippen LogP contribution in [0, 0.1) is 17.2 Å². The Bertz CT molecular complexity index is 1160. The average Bonchev–Trinajstić information content (AvgIpc) is 3.54. The van der Waals surface area contributed by atoms with E-state index in [1.807, 2.05) is 29.0 Å². The van der Waals surface area contributed by atoms with Crippen LogP contribution in [-0.2, 0) is 6.54 Å². The lowest BCUT2D eigenvalue weighted by Gasteiger charge is -2.25. The van der Waals surface area contributed by atoms with Crippen molar-refractivity contribution in [3.8, 4) is 6.07 Å². The molecular formula is C25H29N5OSSi. The van der Waals surface area contributed by atoms with E-state index in [-0.39, 0.29) is 17.9 Å². The molecule has 0 bridgehead atoms. The van der Waals surface area contributed by atoms with Gasteiger partial charge in [-0.1, -0.05) is 37.0 Å². The van der Waals surface area contributed by atoms with E-state index in [0.29, 0.717) is 23.8 Å². The van der Waals surface area contributed by atoms with E-state index in [0.717, 1.165) is 25.1 Å². The smallest absolute Gasteiger partial charge is 0.274 e. The normalized spacial score (nSPS) is 16.3. The maximum atomic E-state index is 13.0. The number of thiazole rings is 1. The van der Waals surface area contributed by atoms with Gasteiger partial charge < -0.3 is 9.47 Å². The number of carbonyl (C=O) groups excluding carboxylic acids is 1. The van der Waals surface area contributed by atoms with Gasteiger partial charge in [-0.05, 0) is 45.5 Å². The maximum absolute atomic E-state index is 13.0. The van der Waals surface area contributed by atoms with Crippen LogP contribution < -0.4 is 10.2 Å². The maximum Gasteiger partial charge on any atom is 0.274 e. The Morgan fingerprint density at radius 1 is 1.33 bits per heavy atom. The summed E-state index contributed by atoms with van der Waals surface area (Å²) in [6.45, 7) is 6.07. The first-order chi connectivity index (χ1) is 16.0. The van der Waals surface area contributed by atoms with Crippen molar-refractivity contribution >= 4 is 42.1 Å². The van der Waals surface area contributed by atoms with Gasteiger partial charge in [0.25, 0.3) is 5.91 Å². The largest absolute Gasteiger partial charge is 0.363 e. The van der Waals surface area contributed by atoms with Gasteiger partial charge in [0.05, 0.1) is 17.8 Å². The van der Waals surface area contributed by atoms with Crippen LogP contribution in [-0.4, -0.2) is 36.1 Å². The molecule has 1 fully saturated rings. The highest BCUT2D eigenvalue weighted by Gasteiger charge is 2.28. The van der Waals surface area contributed by atoms with E-state index >= 15 is 0 Å². The molecule has 2 atom stereocenters. The van der Waals surface area contributed by atoms with E-state index in [4.69, 9.17) is 4.98 Å². The Morgan fingerprint density at radius 3 is 2.91 bits per heavy atom. The van der Waals surface area contributed by atoms with Crippen molar-refractivity contribution < 1.29 is 4.79 Å². The Hall–Kier alpha value is -3.02. The monoisotopic (exact) mass is 475 g/mol. The van der Waals surface area contributed by atoms with Crippen molar-refractivity contribution in [1.29, 1.82) is 5.26 Å². The van der Waals surface area contributed by atoms with Crippen molar-refractivity contribution in [1.82, 2.24) is 9.55 Å². The second-order valence-electron chi connectivity index (χ2n) is 8.63. The first kappa shape index (κ1) is 23.1. The molecule has 1 unspecified atom stereocenters. The summed E-state index contributed by atoms with van der Waals surface area (Å²) < 4.78 is 1.95. The molecule has 0 saturated carbocycles. The number of hydrogen-bond donors (Lipinski definition) is 1. The molecule has 1 amide bonds. The van der Waals surface area contributed by atoms with Crippen LogP contribution in [0.15, 0.2) is 54.0 Å². The number of amides is 1. The summed E-state index contributed by atoms with van der Waals surface area (Å²) in [6.07, 6.45) is 4.56. The van der Waals surface area contributed by atoms with Crippen LogP contribution in [0.3, 0.4) is 0 Å². The van der Waals surface area contributed by atoms with E-state index < -0.39 is 8.41 Å². The number of benzene rings is 1. The third kappa shape index (κ3) is 5.67. The highest BCUT2D eigenvalue weighted by Crippen LogP contribution is 2.37. The van der Waals surface area contributed by atoms with Crippen molar-refractivity contribution in [2.45, 2.75) is 44.9 Å². The third-order valence-corrected chi connectivity index (χ3v) is 7.75. The highest BCUT2D eigenvalue weighted by atomic mass is 32.1. The van der Waals surface area contributed by atoms with Crippen molar-refractivity contribution in [2.75, 3.05) is 16.8 Å². The molecular weight excluding hydrogens is 446 g/mol. The zero-order valence-corrected chi connectivity index (χ0v) is 20.9. The molecule has 0 spiro atoms. The van der Waals surface area contributed by atoms with Crippen LogP contribution in [0.25, 0.3) is 0 Å². The van der Waals surface area contributed by atoms with Gasteiger partial charge in [0.2, 0.25) is 0 Å². The molecule has 1 N–H and O–H groups in total. The quantitative estimate of drug-likeness (QED) is 0.454. The standard InChI is InChI=1S/C25H29N5OSSi/c1-33(2)18-19(12-13-26)16-29-14-6-11-23(29)24(31)28-25-27-21(17-32-25)22-10-7-15-30(22)20-8-4-3-5-9-20/h3-6,8-9,11,14,17-19,22H,7,10,12,15-16H2,1-2H3,(H,27,28,31)/t19?,22-/m1/s1. The number of nitriles is 1. The number of para-hydroxylation sites is 1. The predicted octanol–water partition coefficient (Wildman–Crippen LogP) is 5.21. The summed E-state index contributed by atoms with van der Waals surface area (Å²) in [7, 11) is -0.570. The molecule has 0 aliphatic carbocycles. The van der Waals surface area contributed by atoms with Gasteiger partial charge in [-0.25, -0.2) is 4.98 Å². The molecule has 2 aromatic heterocycles. The van der Waals surface area contributed by atoms with Crippen LogP contribution in [0.4, 0.5) is 10.8 Å². The van der Waals surface area contributed by atoms with Crippen molar-refractivity contribution in [2.24, 2.45) is 5.92 Å². The van der Waals surface area contributed by atoms with Gasteiger partial charge in [0.15, 0.2) is 5.13 Å². The Morgan fingerprint density at radius 2 is 2.15 bits per heavy atom. The fraction of sp³-hybridized carbons (Fsp3) is 0.360. The number of aromatic nitrogens is 2. The van der Waals surface area contributed by atoms with Gasteiger partial charge in [0.1, 0.15) is 5.69 Å². The first-order valence-electron chi connectivity index (χ1n) is 11.3. The zero-order valence-electron chi connectivity index (χ0n) is 19.1. The molecule has 1 saturated heterocycles. The molecule has 8 heteroatoms. The zero-order chi connectivity index (χ0) is 23.2. The lowest BCUT2D eigenvalue weighted by molar-refractivity contribution is 0.101. The van der Waals surface area contributed by atoms with Gasteiger partial charge in [-0.3, -0.25) is 10.1 Å². The average molecular weight is 476 g/mol. The van der Waals surface area contributed by atoms with Crippen LogP contribution in [0.1, 0.15) is 41.5 Å². The molecule has 1 aromatic carbocycles. The first-order valence-corrected chi connectivity index (χ1v) is 14.8. The van der Waals surface area contributed by atoms with Gasteiger partial charge in [0, 0.05) is 42.7 Å². The molecule has 1 aliphatic rings. The number of nitrogens with one attached hydrogen (secondary N) is 1. The van der Waals surface area contributed by atoms with Crippen LogP contribution >= 0.6 is 11.3 Å². The summed E-state index contributed by atoms with van der Waals surface area (Å²) in [6, 6.07) is 16.7. The fourth-order valence-corrected chi connectivity index (χ4v) is 6.38. The number of carbonyl (C=O) groups is 1. The summed E-state index contributed by atoms with van der Waals surface area (Å²) in [5.41, 5.74) is 5.10. The molecule has 170 valence electrons. The lowest BCUT2D eigenvalue weighted by atomic mass is 10.1. The number of rotatable bonds is 8. The number of anilines is 2. The van der Waals surface area contributed by atoms with Gasteiger partial charge >= 0.3 is 0 Å². The Labute approximate surface area is 200 Å². The van der Waals surface area contributed by atoms with E-state index in [9.17, 15) is 10.1 Å². The van der Waals surface area contributed by atoms with Crippen molar-refractivity contribution in [3.63, 3.8) is 0 Å². The van der Waals surface area contributed by atoms with Crippen LogP contribution in [0.2, 0.25) is 13.1 Å². The number of nitrogens with zero attached hydrogens (tertiary/aromatic N) is 4. The second kappa shape index (κ2) is 10.7. The molecule has 4 rings (SSSR count). The molecule has 3 aromatic rings. The third-order valence-electron chi connectivity index (χ3n) is 5.84. The Kier molecular flexibility index (Phi) is 7.53. The topological polar surface area (TPSA) is 74.0 Å². The lowest BCUT2D eigenvalue weighted by Crippen LogP contribution is -2.23. The predicted molar refractivity (Wildman–Crippen MR) is 138 cm³/mol. The fourth-order valence-electron chi connectivity index (χ4n) is 4.46. The second-order valence-corrected chi connectivity index (χ2v) is 12.0. The minimum atomic E-state index is -0.570. The summed E-state index contributed by atoms with van der Waals surface area (Å²) >= 11 is 1.47. The summed E-state index contributed by atoms with van der Waals surface area (Å²) in [5.74, 6) is -0.0166. The van der Waals surface area contributed by atoms with Crippen molar-refractivity contribution in [3.05, 3.63) is 65.4 Å². The number of hydrogen-bond acceptors (Lipinski definition) is 5. The molecule has 0 radical (unpaired) electrons. The van der Waals surface area contributed by atoms with E-state index in [2.05, 4.69) is 64.7 Å². The minimum absolute atomic E-state index is 0.149. The SMILES string of the molecule is C[Si](C)=CC(CC#N)Cn1cccc1C(=O)Nc1nc([C@H]2CCCN2c2ccccc2)cs1. The molecule has 6 nitrogen and oxygen atoms in total. The van der Waals surface area contributed by atoms with Gasteiger partial charge in [-0.15, -0.1) is 11.3 Å². The van der Waals surface area contributed by atoms with Gasteiger partial charge in [-0.2, -0.15) is 5.26 Å². The minimum Gasteiger partial charge on any atom is -0.363 e. The Balaban J connectivity index is 1.45. The molecule has 33 heavy (non-hydrogen) atoms. The van der Waals surface area contributed by atoms with E-state index in [1.165, 1.54) is 17.0 Å².